The number of rotatable bonds is 7. The Morgan fingerprint density at radius 1 is 1.17 bits per heavy atom. The quantitative estimate of drug-likeness (QED) is 0.800. The van der Waals surface area contributed by atoms with Crippen molar-refractivity contribution in [2.75, 3.05) is 18.4 Å². The maximum atomic E-state index is 11.7. The van der Waals surface area contributed by atoms with Crippen LogP contribution in [0.5, 0.6) is 0 Å². The van der Waals surface area contributed by atoms with E-state index in [1.165, 1.54) is 0 Å². The summed E-state index contributed by atoms with van der Waals surface area (Å²) in [7, 11) is -3.34. The van der Waals surface area contributed by atoms with Crippen LogP contribution in [0.2, 0.25) is 0 Å². The standard InChI is InChI=1S/C13H22N2O2S/c1-4-11(3)10-14-12-6-8-13(9-7-12)18(16,17)15-5-2/h6-9,11,14-15H,4-5,10H2,1-3H3. The van der Waals surface area contributed by atoms with Crippen molar-refractivity contribution in [2.24, 2.45) is 5.92 Å². The van der Waals surface area contributed by atoms with E-state index in [0.29, 0.717) is 17.4 Å². The fraction of sp³-hybridized carbons (Fsp3) is 0.538. The van der Waals surface area contributed by atoms with E-state index in [-0.39, 0.29) is 0 Å². The van der Waals surface area contributed by atoms with Crippen LogP contribution in [0.15, 0.2) is 29.2 Å². The fourth-order valence-electron chi connectivity index (χ4n) is 1.46. The molecule has 0 bridgehead atoms. The van der Waals surface area contributed by atoms with Crippen molar-refractivity contribution >= 4 is 15.7 Å². The molecule has 0 amide bonds. The van der Waals surface area contributed by atoms with Crippen molar-refractivity contribution in [2.45, 2.75) is 32.1 Å². The molecule has 1 aromatic carbocycles. The second-order valence-corrected chi connectivity index (χ2v) is 6.19. The lowest BCUT2D eigenvalue weighted by Crippen LogP contribution is -2.23. The van der Waals surface area contributed by atoms with Gasteiger partial charge in [-0.3, -0.25) is 0 Å². The first-order chi connectivity index (χ1) is 8.49. The Bertz CT molecular complexity index is 454. The predicted octanol–water partition coefficient (Wildman–Crippen LogP) is 2.44. The van der Waals surface area contributed by atoms with Gasteiger partial charge in [0, 0.05) is 18.8 Å². The molecule has 5 heteroatoms. The number of nitrogens with one attached hydrogen (secondary N) is 2. The van der Waals surface area contributed by atoms with Crippen molar-refractivity contribution in [3.63, 3.8) is 0 Å². The molecule has 0 aliphatic rings. The monoisotopic (exact) mass is 270 g/mol. The van der Waals surface area contributed by atoms with Gasteiger partial charge in [0.25, 0.3) is 0 Å². The number of hydrogen-bond acceptors (Lipinski definition) is 3. The van der Waals surface area contributed by atoms with Gasteiger partial charge >= 0.3 is 0 Å². The van der Waals surface area contributed by atoms with Crippen LogP contribution in [0, 0.1) is 5.92 Å². The summed E-state index contributed by atoms with van der Waals surface area (Å²) in [6.45, 7) is 7.39. The second kappa shape index (κ2) is 6.75. The molecule has 0 saturated carbocycles. The van der Waals surface area contributed by atoms with Gasteiger partial charge in [-0.25, -0.2) is 13.1 Å². The molecule has 0 fully saturated rings. The molecule has 1 unspecified atom stereocenters. The molecule has 2 N–H and O–H groups in total. The van der Waals surface area contributed by atoms with E-state index < -0.39 is 10.0 Å². The number of sulfonamides is 1. The highest BCUT2D eigenvalue weighted by Crippen LogP contribution is 2.14. The second-order valence-electron chi connectivity index (χ2n) is 4.42. The molecule has 1 aromatic rings. The van der Waals surface area contributed by atoms with E-state index in [4.69, 9.17) is 0 Å². The first kappa shape index (κ1) is 15.0. The third-order valence-corrected chi connectivity index (χ3v) is 4.41. The topological polar surface area (TPSA) is 58.2 Å². The van der Waals surface area contributed by atoms with Crippen LogP contribution >= 0.6 is 0 Å². The predicted molar refractivity (Wildman–Crippen MR) is 75.2 cm³/mol. The van der Waals surface area contributed by atoms with Gasteiger partial charge < -0.3 is 5.32 Å². The minimum absolute atomic E-state index is 0.304. The Hall–Kier alpha value is -1.07. The highest BCUT2D eigenvalue weighted by molar-refractivity contribution is 7.89. The Morgan fingerprint density at radius 2 is 1.78 bits per heavy atom. The Morgan fingerprint density at radius 3 is 2.28 bits per heavy atom. The van der Waals surface area contributed by atoms with Gasteiger partial charge in [-0.15, -0.1) is 0 Å². The van der Waals surface area contributed by atoms with E-state index in [0.717, 1.165) is 18.7 Å². The number of hydrogen-bond donors (Lipinski definition) is 2. The van der Waals surface area contributed by atoms with Crippen LogP contribution in [0.25, 0.3) is 0 Å². The van der Waals surface area contributed by atoms with Crippen LogP contribution in [-0.2, 0) is 10.0 Å². The van der Waals surface area contributed by atoms with E-state index in [9.17, 15) is 8.42 Å². The summed E-state index contributed by atoms with van der Waals surface area (Å²) in [5, 5.41) is 3.29. The minimum atomic E-state index is -3.34. The summed E-state index contributed by atoms with van der Waals surface area (Å²) in [4.78, 5) is 0.304. The molecule has 0 radical (unpaired) electrons. The lowest BCUT2D eigenvalue weighted by Gasteiger charge is -2.12. The van der Waals surface area contributed by atoms with Crippen molar-refractivity contribution in [1.82, 2.24) is 4.72 Å². The Labute approximate surface area is 110 Å². The van der Waals surface area contributed by atoms with Crippen LogP contribution in [0.3, 0.4) is 0 Å². The maximum absolute atomic E-state index is 11.7. The highest BCUT2D eigenvalue weighted by atomic mass is 32.2. The molecular formula is C13H22N2O2S. The van der Waals surface area contributed by atoms with Crippen LogP contribution in [0.1, 0.15) is 27.2 Å². The van der Waals surface area contributed by atoms with E-state index in [1.807, 2.05) is 0 Å². The summed E-state index contributed by atoms with van der Waals surface area (Å²) in [6, 6.07) is 6.84. The van der Waals surface area contributed by atoms with Crippen LogP contribution in [0.4, 0.5) is 5.69 Å². The molecule has 102 valence electrons. The van der Waals surface area contributed by atoms with Crippen molar-refractivity contribution in [1.29, 1.82) is 0 Å². The SMILES string of the molecule is CCNS(=O)(=O)c1ccc(NCC(C)CC)cc1. The molecule has 0 heterocycles. The zero-order chi connectivity index (χ0) is 13.6. The molecule has 1 atom stereocenters. The Balaban J connectivity index is 2.68. The molecule has 18 heavy (non-hydrogen) atoms. The molecule has 0 aromatic heterocycles. The van der Waals surface area contributed by atoms with Gasteiger partial charge in [0.2, 0.25) is 10.0 Å². The third kappa shape index (κ3) is 4.31. The van der Waals surface area contributed by atoms with E-state index >= 15 is 0 Å². The third-order valence-electron chi connectivity index (χ3n) is 2.85. The lowest BCUT2D eigenvalue weighted by atomic mass is 10.1. The normalized spacial score (nSPS) is 13.3. The summed E-state index contributed by atoms with van der Waals surface area (Å²) in [6.07, 6.45) is 1.12. The molecule has 4 nitrogen and oxygen atoms in total. The highest BCUT2D eigenvalue weighted by Gasteiger charge is 2.11. The van der Waals surface area contributed by atoms with Crippen molar-refractivity contribution < 1.29 is 8.42 Å². The summed E-state index contributed by atoms with van der Waals surface area (Å²) in [5.74, 6) is 0.607. The summed E-state index contributed by atoms with van der Waals surface area (Å²) >= 11 is 0. The average molecular weight is 270 g/mol. The van der Waals surface area contributed by atoms with Gasteiger partial charge in [0.15, 0.2) is 0 Å². The average Bonchev–Trinajstić information content (AvgIpc) is 2.36. The molecule has 0 aliphatic carbocycles. The molecule has 0 saturated heterocycles. The van der Waals surface area contributed by atoms with Gasteiger partial charge in [-0.1, -0.05) is 27.2 Å². The minimum Gasteiger partial charge on any atom is -0.385 e. The smallest absolute Gasteiger partial charge is 0.240 e. The van der Waals surface area contributed by atoms with Gasteiger partial charge in [-0.05, 0) is 30.2 Å². The van der Waals surface area contributed by atoms with Crippen molar-refractivity contribution in [3.8, 4) is 0 Å². The number of anilines is 1. The summed E-state index contributed by atoms with van der Waals surface area (Å²) < 4.78 is 25.9. The first-order valence-corrected chi connectivity index (χ1v) is 7.81. The summed E-state index contributed by atoms with van der Waals surface area (Å²) in [5.41, 5.74) is 0.950. The molecular weight excluding hydrogens is 248 g/mol. The Kier molecular flexibility index (Phi) is 5.62. The van der Waals surface area contributed by atoms with E-state index in [2.05, 4.69) is 23.9 Å². The van der Waals surface area contributed by atoms with Gasteiger partial charge in [0.1, 0.15) is 0 Å². The first-order valence-electron chi connectivity index (χ1n) is 6.33. The maximum Gasteiger partial charge on any atom is 0.240 e. The fourth-order valence-corrected chi connectivity index (χ4v) is 2.50. The largest absolute Gasteiger partial charge is 0.385 e. The van der Waals surface area contributed by atoms with Crippen LogP contribution in [-0.4, -0.2) is 21.5 Å². The lowest BCUT2D eigenvalue weighted by molar-refractivity contribution is 0.584. The molecule has 1 rings (SSSR count). The van der Waals surface area contributed by atoms with Gasteiger partial charge in [-0.2, -0.15) is 0 Å². The van der Waals surface area contributed by atoms with E-state index in [1.54, 1.807) is 31.2 Å². The van der Waals surface area contributed by atoms with Gasteiger partial charge in [0.05, 0.1) is 4.90 Å². The molecule has 0 aliphatic heterocycles. The molecule has 0 spiro atoms. The number of benzene rings is 1. The van der Waals surface area contributed by atoms with Crippen molar-refractivity contribution in [3.05, 3.63) is 24.3 Å². The zero-order valence-corrected chi connectivity index (χ0v) is 12.0. The zero-order valence-electron chi connectivity index (χ0n) is 11.2. The van der Waals surface area contributed by atoms with Crippen LogP contribution < -0.4 is 10.0 Å².